The number of imidazole rings is 1. The number of carboxylic acid groups (broad SMARTS) is 2. The lowest BCUT2D eigenvalue weighted by Crippen LogP contribution is -2.60. The number of carbonyl (C=O) groups is 8. The van der Waals surface area contributed by atoms with Crippen molar-refractivity contribution in [2.24, 2.45) is 11.7 Å². The van der Waals surface area contributed by atoms with E-state index in [1.807, 2.05) is 0 Å². The molecule has 1 heterocycles. The number of aromatic hydroxyl groups is 1. The maximum Gasteiger partial charge on any atom is 0.326 e. The van der Waals surface area contributed by atoms with Crippen molar-refractivity contribution in [2.75, 3.05) is 13.2 Å². The fraction of sp³-hybridized carbons (Fsp3) is 0.410. The Labute approximate surface area is 344 Å². The van der Waals surface area contributed by atoms with Crippen molar-refractivity contribution < 1.29 is 58.8 Å². The molecule has 3 rings (SSSR count). The minimum Gasteiger partial charge on any atom is -0.508 e. The second-order valence-corrected chi connectivity index (χ2v) is 14.2. The Morgan fingerprint density at radius 3 is 1.82 bits per heavy atom. The van der Waals surface area contributed by atoms with Crippen LogP contribution in [-0.4, -0.2) is 127 Å². The minimum absolute atomic E-state index is 0.0610. The number of amides is 6. The van der Waals surface area contributed by atoms with Crippen LogP contribution in [0.5, 0.6) is 5.75 Å². The van der Waals surface area contributed by atoms with Crippen LogP contribution in [0, 0.1) is 5.92 Å². The quantitative estimate of drug-likeness (QED) is 0.0448. The highest BCUT2D eigenvalue weighted by molar-refractivity contribution is 5.97. The van der Waals surface area contributed by atoms with Gasteiger partial charge in [0.1, 0.15) is 42.0 Å². The van der Waals surface area contributed by atoms with Gasteiger partial charge in [0.05, 0.1) is 19.5 Å². The molecule has 0 radical (unpaired) electrons. The molecule has 0 saturated carbocycles. The van der Waals surface area contributed by atoms with E-state index in [1.54, 1.807) is 44.2 Å². The molecular formula is C39H51N9O12. The smallest absolute Gasteiger partial charge is 0.326 e. The molecule has 21 nitrogen and oxygen atoms in total. The lowest BCUT2D eigenvalue weighted by Gasteiger charge is -2.28. The first kappa shape index (κ1) is 47.5. The number of carboxylic acids is 2. The van der Waals surface area contributed by atoms with E-state index in [9.17, 15) is 53.7 Å². The minimum atomic E-state index is -1.53. The predicted molar refractivity (Wildman–Crippen MR) is 211 cm³/mol. The Morgan fingerprint density at radius 1 is 0.700 bits per heavy atom. The van der Waals surface area contributed by atoms with Gasteiger partial charge >= 0.3 is 11.9 Å². The van der Waals surface area contributed by atoms with E-state index in [0.717, 1.165) is 0 Å². The molecule has 0 unspecified atom stereocenters. The highest BCUT2D eigenvalue weighted by Crippen LogP contribution is 2.14. The number of H-pyrrole nitrogens is 1. The molecule has 13 N–H and O–H groups in total. The number of phenols is 1. The van der Waals surface area contributed by atoms with Crippen LogP contribution >= 0.6 is 0 Å². The third-order valence-electron chi connectivity index (χ3n) is 9.02. The van der Waals surface area contributed by atoms with E-state index < -0.39 is 116 Å². The van der Waals surface area contributed by atoms with Crippen LogP contribution in [0.3, 0.4) is 0 Å². The number of hydrogen-bond acceptors (Lipinski definition) is 12. The number of hydrogen-bond donors (Lipinski definition) is 12. The summed E-state index contributed by atoms with van der Waals surface area (Å²) < 4.78 is 0. The Hall–Kier alpha value is -6.87. The zero-order valence-electron chi connectivity index (χ0n) is 32.9. The number of aromatic amines is 1. The molecule has 0 aliphatic heterocycles. The molecule has 0 saturated heterocycles. The highest BCUT2D eigenvalue weighted by atomic mass is 16.4. The Kier molecular flexibility index (Phi) is 18.6. The van der Waals surface area contributed by atoms with E-state index in [4.69, 9.17) is 10.8 Å². The van der Waals surface area contributed by atoms with Gasteiger partial charge in [-0.2, -0.15) is 0 Å². The molecule has 21 heteroatoms. The van der Waals surface area contributed by atoms with Crippen LogP contribution in [-0.2, 0) is 57.6 Å². The highest BCUT2D eigenvalue weighted by Gasteiger charge is 2.34. The molecule has 60 heavy (non-hydrogen) atoms. The molecule has 0 aliphatic carbocycles. The Bertz CT molecular complexity index is 1930. The maximum absolute atomic E-state index is 14.1. The second kappa shape index (κ2) is 23.5. The molecule has 6 atom stereocenters. The van der Waals surface area contributed by atoms with Crippen molar-refractivity contribution >= 4 is 47.4 Å². The van der Waals surface area contributed by atoms with E-state index in [-0.39, 0.29) is 25.0 Å². The first-order valence-corrected chi connectivity index (χ1v) is 18.9. The van der Waals surface area contributed by atoms with Crippen molar-refractivity contribution in [1.82, 2.24) is 41.9 Å². The van der Waals surface area contributed by atoms with Crippen molar-refractivity contribution in [3.8, 4) is 5.75 Å². The molecule has 1 aromatic heterocycles. The van der Waals surface area contributed by atoms with Crippen LogP contribution in [0.15, 0.2) is 67.1 Å². The SMILES string of the molecule is CC(C)[C@H](NC(=O)[C@H](Cc1ccc(O)cc1)NC(=O)[C@H](CCC(=O)O)NC(=O)CNC(=O)[C@@H](N)CO)C(=O)N[C@@H](Cc1ccccc1)C(=O)N[C@@H](Cc1cnc[nH]1)C(=O)O. The third kappa shape index (κ3) is 15.8. The topological polar surface area (TPSA) is 344 Å². The van der Waals surface area contributed by atoms with Gasteiger partial charge in [-0.3, -0.25) is 33.6 Å². The van der Waals surface area contributed by atoms with Crippen molar-refractivity contribution in [2.45, 2.75) is 82.2 Å². The van der Waals surface area contributed by atoms with Crippen molar-refractivity contribution in [3.63, 3.8) is 0 Å². The first-order chi connectivity index (χ1) is 28.5. The predicted octanol–water partition coefficient (Wildman–Crippen LogP) is -2.39. The monoisotopic (exact) mass is 837 g/mol. The summed E-state index contributed by atoms with van der Waals surface area (Å²) >= 11 is 0. The molecular weight excluding hydrogens is 786 g/mol. The standard InChI is InChI=1S/C39H51N9O12/c1-21(2)33(38(58)46-28(14-22-6-4-3-5-7-22)36(56)47-30(39(59)60)16-24-17-41-20-43-24)48-37(57)29(15-23-8-10-25(50)11-9-23)45-35(55)27(12-13-32(52)53)44-31(51)18-42-34(54)26(40)19-49/h3-11,17,20-21,26-30,33,49-50H,12-16,18-19,40H2,1-2H3,(H,41,43)(H,42,54)(H,44,51)(H,45,55)(H,46,58)(H,47,56)(H,48,57)(H,52,53)(H,59,60)/t26-,27-,28-,29-,30-,33-/m0/s1. The number of aliphatic hydroxyl groups excluding tert-OH is 1. The fourth-order valence-corrected chi connectivity index (χ4v) is 5.71. The number of aliphatic carboxylic acids is 2. The molecule has 6 amide bonds. The molecule has 0 fully saturated rings. The van der Waals surface area contributed by atoms with Crippen molar-refractivity contribution in [3.05, 3.63) is 83.9 Å². The first-order valence-electron chi connectivity index (χ1n) is 18.9. The van der Waals surface area contributed by atoms with Crippen LogP contribution in [0.25, 0.3) is 0 Å². The van der Waals surface area contributed by atoms with Gasteiger partial charge in [-0.05, 0) is 35.6 Å². The number of nitrogens with one attached hydrogen (secondary N) is 7. The molecule has 3 aromatic rings. The van der Waals surface area contributed by atoms with Crippen LogP contribution in [0.2, 0.25) is 0 Å². The van der Waals surface area contributed by atoms with E-state index >= 15 is 0 Å². The molecule has 0 aliphatic rings. The normalized spacial score (nSPS) is 13.9. The summed E-state index contributed by atoms with van der Waals surface area (Å²) in [5, 5.41) is 52.8. The van der Waals surface area contributed by atoms with Gasteiger partial charge in [-0.15, -0.1) is 0 Å². The zero-order chi connectivity index (χ0) is 44.4. The third-order valence-corrected chi connectivity index (χ3v) is 9.02. The van der Waals surface area contributed by atoms with E-state index in [1.165, 1.54) is 36.8 Å². The summed E-state index contributed by atoms with van der Waals surface area (Å²) in [6.45, 7) is 1.83. The van der Waals surface area contributed by atoms with Gasteiger partial charge in [0, 0.05) is 37.6 Å². The summed E-state index contributed by atoms with van der Waals surface area (Å²) in [4.78, 5) is 110. The van der Waals surface area contributed by atoms with Gasteiger partial charge in [-0.25, -0.2) is 9.78 Å². The van der Waals surface area contributed by atoms with Crippen LogP contribution < -0.4 is 37.6 Å². The summed E-state index contributed by atoms with van der Waals surface area (Å²) in [5.41, 5.74) is 6.94. The summed E-state index contributed by atoms with van der Waals surface area (Å²) in [6.07, 6.45) is 1.33. The zero-order valence-corrected chi connectivity index (χ0v) is 32.9. The summed E-state index contributed by atoms with van der Waals surface area (Å²) in [7, 11) is 0. The molecule has 2 aromatic carbocycles. The summed E-state index contributed by atoms with van der Waals surface area (Å²) in [6, 6.07) is 5.84. The Morgan fingerprint density at radius 2 is 1.27 bits per heavy atom. The molecule has 0 spiro atoms. The number of nitrogens with two attached hydrogens (primary N) is 1. The fourth-order valence-electron chi connectivity index (χ4n) is 5.71. The van der Waals surface area contributed by atoms with Crippen molar-refractivity contribution in [1.29, 1.82) is 0 Å². The average Bonchev–Trinajstić information content (AvgIpc) is 3.73. The van der Waals surface area contributed by atoms with Gasteiger partial charge in [0.2, 0.25) is 35.4 Å². The average molecular weight is 838 g/mol. The molecule has 0 bridgehead atoms. The van der Waals surface area contributed by atoms with E-state index in [0.29, 0.717) is 16.8 Å². The Balaban J connectivity index is 1.86. The van der Waals surface area contributed by atoms with Gasteiger partial charge < -0.3 is 63.0 Å². The lowest BCUT2D eigenvalue weighted by atomic mass is 9.99. The maximum atomic E-state index is 14.1. The number of phenolic OH excluding ortho intramolecular Hbond substituents is 1. The van der Waals surface area contributed by atoms with Gasteiger partial charge in [0.15, 0.2) is 0 Å². The second-order valence-electron chi connectivity index (χ2n) is 14.2. The molecule has 324 valence electrons. The van der Waals surface area contributed by atoms with Crippen LogP contribution in [0.1, 0.15) is 43.5 Å². The number of rotatable bonds is 24. The van der Waals surface area contributed by atoms with Crippen LogP contribution in [0.4, 0.5) is 0 Å². The lowest BCUT2D eigenvalue weighted by molar-refractivity contribution is -0.142. The number of aliphatic hydroxyl groups is 1. The number of nitrogens with zero attached hydrogens (tertiary/aromatic N) is 1. The van der Waals surface area contributed by atoms with E-state index in [2.05, 4.69) is 41.9 Å². The largest absolute Gasteiger partial charge is 0.508 e. The summed E-state index contributed by atoms with van der Waals surface area (Å²) in [5.74, 6) is -8.66. The number of carbonyl (C=O) groups excluding carboxylic acids is 6. The number of aromatic nitrogens is 2. The van der Waals surface area contributed by atoms with Gasteiger partial charge in [-0.1, -0.05) is 56.3 Å². The van der Waals surface area contributed by atoms with Gasteiger partial charge in [0.25, 0.3) is 0 Å². The number of benzene rings is 2.